The molecule has 1 rings (SSSR count). The molecule has 0 saturated heterocycles. The van der Waals surface area contributed by atoms with Gasteiger partial charge in [0, 0.05) is 23.3 Å². The third kappa shape index (κ3) is 2.01. The number of hydrogen-bond acceptors (Lipinski definition) is 4. The monoisotopic (exact) mass is 193 g/mol. The average molecular weight is 193 g/mol. The molecule has 0 aliphatic carbocycles. The maximum absolute atomic E-state index is 10.9. The van der Waals surface area contributed by atoms with Crippen molar-refractivity contribution in [3.05, 3.63) is 39.4 Å². The van der Waals surface area contributed by atoms with Crippen LogP contribution in [0.2, 0.25) is 0 Å². The molecule has 0 fully saturated rings. The van der Waals surface area contributed by atoms with Crippen LogP contribution in [0.3, 0.4) is 0 Å². The van der Waals surface area contributed by atoms with Crippen LogP contribution in [0, 0.1) is 10.1 Å². The zero-order chi connectivity index (χ0) is 10.7. The van der Waals surface area contributed by atoms with Crippen molar-refractivity contribution in [1.82, 2.24) is 0 Å². The molecule has 0 spiro atoms. The number of rotatable bonds is 3. The first-order valence-electron chi connectivity index (χ1n) is 3.80. The van der Waals surface area contributed by atoms with Gasteiger partial charge in [0.25, 0.3) is 5.69 Å². The van der Waals surface area contributed by atoms with Crippen molar-refractivity contribution >= 4 is 17.8 Å². The van der Waals surface area contributed by atoms with Gasteiger partial charge >= 0.3 is 0 Å². The highest BCUT2D eigenvalue weighted by Crippen LogP contribution is 2.16. The Bertz CT molecular complexity index is 379. The summed E-state index contributed by atoms with van der Waals surface area (Å²) in [6.07, 6.45) is 0.472. The van der Waals surface area contributed by atoms with Crippen molar-refractivity contribution in [3.8, 4) is 0 Å². The Balaban J connectivity index is 3.34. The molecule has 0 N–H and O–H groups in total. The normalized spacial score (nSPS) is 9.50. The van der Waals surface area contributed by atoms with E-state index in [9.17, 15) is 19.7 Å². The number of nitro benzene ring substituents is 1. The lowest BCUT2D eigenvalue weighted by Gasteiger charge is -1.97. The van der Waals surface area contributed by atoms with Crippen LogP contribution in [0.1, 0.15) is 27.6 Å². The number of carbonyl (C=O) groups is 2. The molecule has 0 bridgehead atoms. The predicted molar refractivity (Wildman–Crippen MR) is 48.5 cm³/mol. The fraction of sp³-hybridized carbons (Fsp3) is 0.111. The summed E-state index contributed by atoms with van der Waals surface area (Å²) in [4.78, 5) is 31.2. The second-order valence-electron chi connectivity index (χ2n) is 2.74. The van der Waals surface area contributed by atoms with Gasteiger partial charge in [0.15, 0.2) is 5.78 Å². The van der Waals surface area contributed by atoms with Gasteiger partial charge in [-0.1, -0.05) is 0 Å². The minimum absolute atomic E-state index is 0.129. The van der Waals surface area contributed by atoms with Crippen molar-refractivity contribution in [2.75, 3.05) is 0 Å². The first-order chi connectivity index (χ1) is 6.54. The van der Waals surface area contributed by atoms with E-state index in [4.69, 9.17) is 0 Å². The molecule has 0 radical (unpaired) electrons. The third-order valence-corrected chi connectivity index (χ3v) is 1.69. The standard InChI is InChI=1S/C9H7NO4/c1-6(12)8-2-7(5-11)3-9(4-8)10(13)14/h2-5H,1H3. The zero-order valence-corrected chi connectivity index (χ0v) is 7.39. The molecule has 1 aromatic rings. The van der Waals surface area contributed by atoms with E-state index in [0.29, 0.717) is 6.29 Å². The van der Waals surface area contributed by atoms with Gasteiger partial charge in [0.1, 0.15) is 6.29 Å². The summed E-state index contributed by atoms with van der Waals surface area (Å²) >= 11 is 0. The van der Waals surface area contributed by atoms with E-state index in [1.165, 1.54) is 13.0 Å². The third-order valence-electron chi connectivity index (χ3n) is 1.69. The number of nitrogens with zero attached hydrogens (tertiary/aromatic N) is 1. The first-order valence-corrected chi connectivity index (χ1v) is 3.80. The molecule has 14 heavy (non-hydrogen) atoms. The number of Topliss-reactive ketones (excluding diaryl/α,β-unsaturated/α-hetero) is 1. The molecule has 5 heteroatoms. The summed E-state index contributed by atoms with van der Waals surface area (Å²) in [5, 5.41) is 10.4. The van der Waals surface area contributed by atoms with Crippen LogP contribution in [0.15, 0.2) is 18.2 Å². The summed E-state index contributed by atoms with van der Waals surface area (Å²) in [5.74, 6) is -0.309. The van der Waals surface area contributed by atoms with Crippen molar-refractivity contribution in [2.24, 2.45) is 0 Å². The van der Waals surface area contributed by atoms with E-state index in [1.54, 1.807) is 0 Å². The van der Waals surface area contributed by atoms with E-state index < -0.39 is 4.92 Å². The number of hydrogen-bond donors (Lipinski definition) is 0. The van der Waals surface area contributed by atoms with Crippen LogP contribution >= 0.6 is 0 Å². The van der Waals surface area contributed by atoms with Gasteiger partial charge in [0.05, 0.1) is 4.92 Å². The highest BCUT2D eigenvalue weighted by Gasteiger charge is 2.11. The van der Waals surface area contributed by atoms with Gasteiger partial charge in [0.2, 0.25) is 0 Å². The Hall–Kier alpha value is -2.04. The lowest BCUT2D eigenvalue weighted by molar-refractivity contribution is -0.384. The summed E-state index contributed by atoms with van der Waals surface area (Å²) in [5.41, 5.74) is 0.0468. The molecular formula is C9H7NO4. The minimum atomic E-state index is -0.639. The second-order valence-corrected chi connectivity index (χ2v) is 2.74. The number of carbonyl (C=O) groups excluding carboxylic acids is 2. The molecule has 0 heterocycles. The minimum Gasteiger partial charge on any atom is -0.298 e. The molecule has 0 aliphatic heterocycles. The predicted octanol–water partition coefficient (Wildman–Crippen LogP) is 1.61. The smallest absolute Gasteiger partial charge is 0.270 e. The summed E-state index contributed by atoms with van der Waals surface area (Å²) < 4.78 is 0. The average Bonchev–Trinajstić information content (AvgIpc) is 2.16. The highest BCUT2D eigenvalue weighted by molar-refractivity contribution is 5.96. The number of aldehydes is 1. The fourth-order valence-electron chi connectivity index (χ4n) is 1.01. The topological polar surface area (TPSA) is 77.3 Å². The molecule has 5 nitrogen and oxygen atoms in total. The number of benzene rings is 1. The van der Waals surface area contributed by atoms with Crippen LogP contribution in [0.25, 0.3) is 0 Å². The quantitative estimate of drug-likeness (QED) is 0.316. The molecular weight excluding hydrogens is 186 g/mol. The Morgan fingerprint density at radius 3 is 2.50 bits per heavy atom. The van der Waals surface area contributed by atoms with Crippen LogP contribution in [0.4, 0.5) is 5.69 Å². The van der Waals surface area contributed by atoms with E-state index in [2.05, 4.69) is 0 Å². The van der Waals surface area contributed by atoms with Gasteiger partial charge in [-0.2, -0.15) is 0 Å². The molecule has 0 atom stereocenters. The molecule has 0 aliphatic rings. The van der Waals surface area contributed by atoms with E-state index in [1.807, 2.05) is 0 Å². The van der Waals surface area contributed by atoms with Gasteiger partial charge in [-0.3, -0.25) is 19.7 Å². The molecule has 0 saturated carbocycles. The number of non-ortho nitro benzene ring substituents is 1. The largest absolute Gasteiger partial charge is 0.298 e. The summed E-state index contributed by atoms with van der Waals surface area (Å²) in [6.45, 7) is 1.29. The summed E-state index contributed by atoms with van der Waals surface area (Å²) in [6, 6.07) is 3.59. The van der Waals surface area contributed by atoms with Crippen LogP contribution in [-0.4, -0.2) is 17.0 Å². The Morgan fingerprint density at radius 2 is 2.07 bits per heavy atom. The van der Waals surface area contributed by atoms with Crippen molar-refractivity contribution in [1.29, 1.82) is 0 Å². The maximum atomic E-state index is 10.9. The SMILES string of the molecule is CC(=O)c1cc(C=O)cc([N+](=O)[O-])c1. The van der Waals surface area contributed by atoms with Crippen LogP contribution < -0.4 is 0 Å². The van der Waals surface area contributed by atoms with Crippen LogP contribution in [0.5, 0.6) is 0 Å². The molecule has 0 amide bonds. The van der Waals surface area contributed by atoms with Crippen LogP contribution in [-0.2, 0) is 0 Å². The number of ketones is 1. The van der Waals surface area contributed by atoms with Crippen molar-refractivity contribution < 1.29 is 14.5 Å². The first kappa shape index (κ1) is 10.0. The molecule has 0 aromatic heterocycles. The number of nitro groups is 1. The van der Waals surface area contributed by atoms with Gasteiger partial charge in [-0.05, 0) is 13.0 Å². The molecule has 0 unspecified atom stereocenters. The molecule has 72 valence electrons. The van der Waals surface area contributed by atoms with E-state index in [0.717, 1.165) is 12.1 Å². The van der Waals surface area contributed by atoms with Gasteiger partial charge in [-0.25, -0.2) is 0 Å². The Morgan fingerprint density at radius 1 is 1.43 bits per heavy atom. The van der Waals surface area contributed by atoms with E-state index >= 15 is 0 Å². The Labute approximate surface area is 79.5 Å². The Kier molecular flexibility index (Phi) is 2.71. The van der Waals surface area contributed by atoms with Crippen molar-refractivity contribution in [3.63, 3.8) is 0 Å². The highest BCUT2D eigenvalue weighted by atomic mass is 16.6. The lowest BCUT2D eigenvalue weighted by Crippen LogP contribution is -1.97. The fourth-order valence-corrected chi connectivity index (χ4v) is 1.01. The summed E-state index contributed by atoms with van der Waals surface area (Å²) in [7, 11) is 0. The van der Waals surface area contributed by atoms with Crippen molar-refractivity contribution in [2.45, 2.75) is 6.92 Å². The van der Waals surface area contributed by atoms with E-state index in [-0.39, 0.29) is 22.6 Å². The second kappa shape index (κ2) is 3.78. The molecule has 1 aromatic carbocycles. The van der Waals surface area contributed by atoms with Gasteiger partial charge < -0.3 is 0 Å². The van der Waals surface area contributed by atoms with Gasteiger partial charge in [-0.15, -0.1) is 0 Å². The zero-order valence-electron chi connectivity index (χ0n) is 7.39. The lowest BCUT2D eigenvalue weighted by atomic mass is 10.1. The maximum Gasteiger partial charge on any atom is 0.270 e.